The van der Waals surface area contributed by atoms with Crippen molar-refractivity contribution in [2.24, 2.45) is 10.9 Å². The van der Waals surface area contributed by atoms with Crippen LogP contribution in [0.3, 0.4) is 0 Å². The van der Waals surface area contributed by atoms with Crippen molar-refractivity contribution in [3.8, 4) is 17.2 Å². The number of nitrogens with zero attached hydrogens (tertiary/aromatic N) is 1. The van der Waals surface area contributed by atoms with Gasteiger partial charge in [0.25, 0.3) is 5.91 Å². The fourth-order valence-corrected chi connectivity index (χ4v) is 5.70. The molecule has 4 rings (SSSR count). The SMILES string of the molecule is COC(=O)c1ccc(NC(=O)c2c(N=Cc3cc(OC)c(OC)cc3OC)sc3c2CC[C@H](C)C3)cc1. The van der Waals surface area contributed by atoms with Crippen molar-refractivity contribution in [2.45, 2.75) is 26.2 Å². The Balaban J connectivity index is 1.69. The van der Waals surface area contributed by atoms with Crippen LogP contribution in [0.5, 0.6) is 17.2 Å². The van der Waals surface area contributed by atoms with Crippen LogP contribution in [0.4, 0.5) is 10.7 Å². The number of nitrogens with one attached hydrogen (secondary N) is 1. The van der Waals surface area contributed by atoms with E-state index in [1.54, 1.807) is 75.3 Å². The highest BCUT2D eigenvalue weighted by Gasteiger charge is 2.27. The molecule has 0 aliphatic heterocycles. The maximum absolute atomic E-state index is 13.5. The molecule has 1 aromatic heterocycles. The predicted octanol–water partition coefficient (Wildman–Crippen LogP) is 5.69. The summed E-state index contributed by atoms with van der Waals surface area (Å²) in [6.45, 7) is 2.22. The molecule has 1 amide bonds. The van der Waals surface area contributed by atoms with E-state index in [-0.39, 0.29) is 5.91 Å². The Bertz CT molecular complexity index is 1330. The second-order valence-corrected chi connectivity index (χ2v) is 9.85. The Morgan fingerprint density at radius 1 is 1.00 bits per heavy atom. The molecule has 9 heteroatoms. The monoisotopic (exact) mass is 522 g/mol. The molecule has 2 aromatic carbocycles. The molecule has 0 saturated carbocycles. The zero-order chi connectivity index (χ0) is 26.5. The zero-order valence-corrected chi connectivity index (χ0v) is 22.4. The molecule has 0 fully saturated rings. The molecule has 1 atom stereocenters. The third-order valence-corrected chi connectivity index (χ3v) is 7.50. The van der Waals surface area contributed by atoms with Crippen LogP contribution in [0, 0.1) is 5.92 Å². The summed E-state index contributed by atoms with van der Waals surface area (Å²) in [7, 11) is 6.04. The van der Waals surface area contributed by atoms with Gasteiger partial charge in [-0.1, -0.05) is 6.92 Å². The van der Waals surface area contributed by atoms with Crippen molar-refractivity contribution in [3.63, 3.8) is 0 Å². The fraction of sp³-hybridized carbons (Fsp3) is 0.321. The van der Waals surface area contributed by atoms with Gasteiger partial charge < -0.3 is 24.3 Å². The van der Waals surface area contributed by atoms with Gasteiger partial charge in [-0.2, -0.15) is 0 Å². The summed E-state index contributed by atoms with van der Waals surface area (Å²) < 4.78 is 21.1. The number of hydrogen-bond donors (Lipinski definition) is 1. The second-order valence-electron chi connectivity index (χ2n) is 8.76. The summed E-state index contributed by atoms with van der Waals surface area (Å²) in [5, 5.41) is 3.60. The minimum atomic E-state index is -0.430. The summed E-state index contributed by atoms with van der Waals surface area (Å²) in [5.41, 5.74) is 3.33. The number of methoxy groups -OCH3 is 4. The van der Waals surface area contributed by atoms with E-state index in [0.717, 1.165) is 24.8 Å². The summed E-state index contributed by atoms with van der Waals surface area (Å²) in [6.07, 6.45) is 4.45. The number of amides is 1. The molecule has 0 radical (unpaired) electrons. The van der Waals surface area contributed by atoms with Crippen molar-refractivity contribution in [1.29, 1.82) is 0 Å². The van der Waals surface area contributed by atoms with Gasteiger partial charge in [-0.3, -0.25) is 4.79 Å². The second kappa shape index (κ2) is 11.5. The van der Waals surface area contributed by atoms with Crippen molar-refractivity contribution in [2.75, 3.05) is 33.8 Å². The van der Waals surface area contributed by atoms with Gasteiger partial charge in [0.2, 0.25) is 0 Å². The van der Waals surface area contributed by atoms with Gasteiger partial charge in [0.05, 0.1) is 39.6 Å². The van der Waals surface area contributed by atoms with Crippen LogP contribution in [0.15, 0.2) is 41.4 Å². The molecular weight excluding hydrogens is 492 g/mol. The Morgan fingerprint density at radius 2 is 1.68 bits per heavy atom. The molecule has 37 heavy (non-hydrogen) atoms. The number of carbonyl (C=O) groups excluding carboxylic acids is 2. The standard InChI is InChI=1S/C28H30N2O6S/c1-16-6-11-20-24(12-16)37-27(29-15-18-13-22(34-3)23(35-4)14-21(18)33-2)25(20)26(31)30-19-9-7-17(8-10-19)28(32)36-5/h7-10,13-16H,6,11-12H2,1-5H3,(H,30,31)/t16-/m0/s1. The Hall–Kier alpha value is -3.85. The van der Waals surface area contributed by atoms with Crippen LogP contribution in [0.2, 0.25) is 0 Å². The molecule has 1 heterocycles. The number of benzene rings is 2. The third kappa shape index (κ3) is 5.61. The lowest BCUT2D eigenvalue weighted by Gasteiger charge is -2.18. The van der Waals surface area contributed by atoms with E-state index in [9.17, 15) is 9.59 Å². The van der Waals surface area contributed by atoms with Crippen molar-refractivity contribution < 1.29 is 28.5 Å². The highest BCUT2D eigenvalue weighted by atomic mass is 32.1. The lowest BCUT2D eigenvalue weighted by Crippen LogP contribution is -2.16. The van der Waals surface area contributed by atoms with E-state index in [2.05, 4.69) is 12.2 Å². The van der Waals surface area contributed by atoms with Crippen molar-refractivity contribution in [3.05, 3.63) is 63.5 Å². The van der Waals surface area contributed by atoms with E-state index in [1.165, 1.54) is 12.0 Å². The summed E-state index contributed by atoms with van der Waals surface area (Å²) in [5.74, 6) is 1.57. The van der Waals surface area contributed by atoms with Gasteiger partial charge in [0, 0.05) is 28.4 Å². The molecule has 1 N–H and O–H groups in total. The van der Waals surface area contributed by atoms with Crippen LogP contribution in [0.1, 0.15) is 50.1 Å². The number of anilines is 1. The van der Waals surface area contributed by atoms with Gasteiger partial charge in [-0.05, 0) is 61.1 Å². The number of thiophene rings is 1. The Kier molecular flexibility index (Phi) is 8.13. The van der Waals surface area contributed by atoms with Crippen LogP contribution < -0.4 is 19.5 Å². The van der Waals surface area contributed by atoms with Gasteiger partial charge in [0.15, 0.2) is 11.5 Å². The first-order chi connectivity index (χ1) is 17.9. The first-order valence-electron chi connectivity index (χ1n) is 11.9. The average Bonchev–Trinajstić information content (AvgIpc) is 3.28. The minimum absolute atomic E-state index is 0.232. The number of esters is 1. The van der Waals surface area contributed by atoms with E-state index < -0.39 is 5.97 Å². The maximum atomic E-state index is 13.5. The minimum Gasteiger partial charge on any atom is -0.496 e. The normalized spacial score (nSPS) is 14.7. The van der Waals surface area contributed by atoms with Crippen LogP contribution in [0.25, 0.3) is 0 Å². The van der Waals surface area contributed by atoms with E-state index in [0.29, 0.717) is 50.5 Å². The van der Waals surface area contributed by atoms with Crippen LogP contribution in [-0.2, 0) is 17.6 Å². The quantitative estimate of drug-likeness (QED) is 0.302. The average molecular weight is 523 g/mol. The molecule has 8 nitrogen and oxygen atoms in total. The van der Waals surface area contributed by atoms with E-state index in [1.807, 2.05) is 0 Å². The molecule has 3 aromatic rings. The number of carbonyl (C=O) groups is 2. The molecule has 0 spiro atoms. The van der Waals surface area contributed by atoms with Gasteiger partial charge >= 0.3 is 5.97 Å². The molecular formula is C28H30N2O6S. The predicted molar refractivity (Wildman–Crippen MR) is 145 cm³/mol. The first-order valence-corrected chi connectivity index (χ1v) is 12.7. The highest BCUT2D eigenvalue weighted by molar-refractivity contribution is 7.16. The molecule has 0 unspecified atom stereocenters. The largest absolute Gasteiger partial charge is 0.496 e. The zero-order valence-electron chi connectivity index (χ0n) is 21.5. The topological polar surface area (TPSA) is 95.5 Å². The first kappa shape index (κ1) is 26.2. The van der Waals surface area contributed by atoms with Gasteiger partial charge in [-0.15, -0.1) is 11.3 Å². The number of aliphatic imine (C=N–C) groups is 1. The Morgan fingerprint density at radius 3 is 2.32 bits per heavy atom. The lowest BCUT2D eigenvalue weighted by molar-refractivity contribution is 0.0600. The third-order valence-electron chi connectivity index (χ3n) is 6.34. The number of hydrogen-bond acceptors (Lipinski definition) is 8. The number of rotatable bonds is 8. The van der Waals surface area contributed by atoms with E-state index in [4.69, 9.17) is 23.9 Å². The summed E-state index contributed by atoms with van der Waals surface area (Å²) in [6, 6.07) is 10.1. The molecule has 0 saturated heterocycles. The lowest BCUT2D eigenvalue weighted by atomic mass is 9.88. The molecule has 1 aliphatic carbocycles. The van der Waals surface area contributed by atoms with Crippen molar-refractivity contribution in [1.82, 2.24) is 0 Å². The van der Waals surface area contributed by atoms with Crippen LogP contribution >= 0.6 is 11.3 Å². The Labute approximate surface area is 220 Å². The smallest absolute Gasteiger partial charge is 0.337 e. The maximum Gasteiger partial charge on any atom is 0.337 e. The fourth-order valence-electron chi connectivity index (χ4n) is 4.34. The number of ether oxygens (including phenoxy) is 4. The number of fused-ring (bicyclic) bond motifs is 1. The molecule has 1 aliphatic rings. The molecule has 194 valence electrons. The van der Waals surface area contributed by atoms with Gasteiger partial charge in [0.1, 0.15) is 10.8 Å². The highest BCUT2D eigenvalue weighted by Crippen LogP contribution is 2.42. The van der Waals surface area contributed by atoms with Crippen molar-refractivity contribution >= 4 is 40.1 Å². The van der Waals surface area contributed by atoms with E-state index >= 15 is 0 Å². The molecule has 0 bridgehead atoms. The summed E-state index contributed by atoms with van der Waals surface area (Å²) in [4.78, 5) is 31.2. The summed E-state index contributed by atoms with van der Waals surface area (Å²) >= 11 is 1.55. The van der Waals surface area contributed by atoms with Gasteiger partial charge in [-0.25, -0.2) is 9.79 Å². The van der Waals surface area contributed by atoms with Crippen LogP contribution in [-0.4, -0.2) is 46.5 Å².